The Morgan fingerprint density at radius 1 is 1.29 bits per heavy atom. The second-order valence-corrected chi connectivity index (χ2v) is 8.46. The summed E-state index contributed by atoms with van der Waals surface area (Å²) in [5, 5.41) is 15.6. The summed E-state index contributed by atoms with van der Waals surface area (Å²) in [7, 11) is 3.67. The Balaban J connectivity index is 1.55. The fraction of sp³-hybridized carbons (Fsp3) is 0.417. The van der Waals surface area contributed by atoms with Crippen LogP contribution in [0, 0.1) is 0 Å². The van der Waals surface area contributed by atoms with Crippen molar-refractivity contribution in [3.05, 3.63) is 52.8 Å². The number of likely N-dealkylation sites (N-methyl/N-ethyl adjacent to an activating group) is 1. The van der Waals surface area contributed by atoms with Gasteiger partial charge in [-0.15, -0.1) is 5.10 Å². The lowest BCUT2D eigenvalue weighted by atomic mass is 9.90. The number of aromatic nitrogens is 4. The van der Waals surface area contributed by atoms with E-state index in [-0.39, 0.29) is 18.7 Å². The third-order valence-corrected chi connectivity index (χ3v) is 6.30. The fourth-order valence-corrected chi connectivity index (χ4v) is 4.57. The number of rotatable bonds is 7. The van der Waals surface area contributed by atoms with Crippen molar-refractivity contribution in [2.45, 2.75) is 32.2 Å². The number of unbranched alkanes of at least 4 members (excludes halogenated alkanes) is 1. The van der Waals surface area contributed by atoms with Gasteiger partial charge in [-0.1, -0.05) is 19.4 Å². The average molecular weight is 465 g/mol. The predicted molar refractivity (Wildman–Crippen MR) is 124 cm³/mol. The van der Waals surface area contributed by atoms with Crippen LogP contribution in [0.5, 0.6) is 17.2 Å². The fourth-order valence-electron chi connectivity index (χ4n) is 4.57. The molecule has 0 radical (unpaired) electrons. The summed E-state index contributed by atoms with van der Waals surface area (Å²) in [5.74, 6) is 2.45. The summed E-state index contributed by atoms with van der Waals surface area (Å²) < 4.78 is 18.8. The minimum absolute atomic E-state index is 0.112. The number of ether oxygens (including phenoxy) is 3. The number of hydrogen-bond acceptors (Lipinski definition) is 8. The van der Waals surface area contributed by atoms with E-state index in [4.69, 9.17) is 14.2 Å². The molecule has 0 unspecified atom stereocenters. The number of hydrogen-bond donors (Lipinski definition) is 1. The van der Waals surface area contributed by atoms with Gasteiger partial charge in [0.05, 0.1) is 12.8 Å². The Labute approximate surface area is 197 Å². The molecule has 2 aliphatic rings. The van der Waals surface area contributed by atoms with Crippen LogP contribution in [0.1, 0.15) is 53.1 Å². The van der Waals surface area contributed by atoms with Crippen LogP contribution in [0.3, 0.4) is 0 Å². The molecular formula is C24H28N6O4. The summed E-state index contributed by atoms with van der Waals surface area (Å²) in [6, 6.07) is 9.08. The first-order chi connectivity index (χ1) is 16.6. The standard InChI is InChI=1S/C24H28N6O4/c1-4-5-10-25-24(31)16-7-6-8-17(12-16)30-23(26-27-28-30)20-19-15(9-11-29(20)2)13-18-21(22(19)32-3)34-14-33-18/h6-8,12-13,20H,4-5,9-11,14H2,1-3H3,(H,25,31)/t20-/m1/s1. The second kappa shape index (κ2) is 9.30. The Kier molecular flexibility index (Phi) is 6.06. The van der Waals surface area contributed by atoms with Crippen molar-refractivity contribution in [2.24, 2.45) is 0 Å². The van der Waals surface area contributed by atoms with E-state index in [0.717, 1.165) is 36.9 Å². The third kappa shape index (κ3) is 3.83. The van der Waals surface area contributed by atoms with E-state index in [1.54, 1.807) is 17.9 Å². The molecule has 0 saturated carbocycles. The minimum Gasteiger partial charge on any atom is -0.492 e. The van der Waals surface area contributed by atoms with Gasteiger partial charge < -0.3 is 19.5 Å². The zero-order valence-corrected chi connectivity index (χ0v) is 19.6. The lowest BCUT2D eigenvalue weighted by molar-refractivity contribution is 0.0953. The van der Waals surface area contributed by atoms with E-state index in [9.17, 15) is 4.79 Å². The highest BCUT2D eigenvalue weighted by Crippen LogP contribution is 2.50. The van der Waals surface area contributed by atoms with Gasteiger partial charge in [-0.25, -0.2) is 0 Å². The molecule has 1 N–H and O–H groups in total. The van der Waals surface area contributed by atoms with Gasteiger partial charge in [0.25, 0.3) is 5.91 Å². The number of nitrogens with zero attached hydrogens (tertiary/aromatic N) is 5. The Bertz CT molecular complexity index is 1210. The maximum absolute atomic E-state index is 12.6. The normalized spacial score (nSPS) is 16.9. The van der Waals surface area contributed by atoms with Gasteiger partial charge in [-0.2, -0.15) is 4.68 Å². The van der Waals surface area contributed by atoms with Gasteiger partial charge in [0.15, 0.2) is 17.3 Å². The van der Waals surface area contributed by atoms with Crippen LogP contribution in [-0.2, 0) is 6.42 Å². The molecule has 0 spiro atoms. The van der Waals surface area contributed by atoms with Crippen molar-refractivity contribution in [3.63, 3.8) is 0 Å². The molecule has 0 aliphatic carbocycles. The quantitative estimate of drug-likeness (QED) is 0.532. The first-order valence-electron chi connectivity index (χ1n) is 11.5. The van der Waals surface area contributed by atoms with Crippen molar-refractivity contribution in [1.29, 1.82) is 0 Å². The van der Waals surface area contributed by atoms with Crippen LogP contribution in [0.4, 0.5) is 0 Å². The van der Waals surface area contributed by atoms with Crippen LogP contribution >= 0.6 is 0 Å². The summed E-state index contributed by atoms with van der Waals surface area (Å²) in [6.45, 7) is 3.72. The lowest BCUT2D eigenvalue weighted by Crippen LogP contribution is -2.35. The SMILES string of the molecule is CCCCNC(=O)c1cccc(-n2nnnc2[C@H]2c3c(cc4c(c3OC)OCO4)CCN2C)c1. The zero-order valence-electron chi connectivity index (χ0n) is 19.6. The van der Waals surface area contributed by atoms with Crippen molar-refractivity contribution in [3.8, 4) is 22.9 Å². The molecule has 1 amide bonds. The highest BCUT2D eigenvalue weighted by Gasteiger charge is 2.37. The first kappa shape index (κ1) is 22.1. The highest BCUT2D eigenvalue weighted by molar-refractivity contribution is 5.94. The van der Waals surface area contributed by atoms with Gasteiger partial charge in [0.1, 0.15) is 6.04 Å². The smallest absolute Gasteiger partial charge is 0.251 e. The van der Waals surface area contributed by atoms with Crippen LogP contribution in [0.25, 0.3) is 5.69 Å². The monoisotopic (exact) mass is 464 g/mol. The number of carbonyl (C=O) groups excluding carboxylic acids is 1. The number of benzene rings is 2. The summed E-state index contributed by atoms with van der Waals surface area (Å²) in [4.78, 5) is 14.8. The zero-order chi connectivity index (χ0) is 23.7. The van der Waals surface area contributed by atoms with Crippen LogP contribution in [0.2, 0.25) is 0 Å². The molecule has 5 rings (SSSR count). The maximum atomic E-state index is 12.6. The van der Waals surface area contributed by atoms with E-state index in [0.29, 0.717) is 40.9 Å². The van der Waals surface area contributed by atoms with Gasteiger partial charge in [-0.3, -0.25) is 9.69 Å². The predicted octanol–water partition coefficient (Wildman–Crippen LogP) is 2.51. The van der Waals surface area contributed by atoms with Crippen LogP contribution in [0.15, 0.2) is 30.3 Å². The number of carbonyl (C=O) groups is 1. The van der Waals surface area contributed by atoms with Crippen LogP contribution in [-0.4, -0.2) is 65.1 Å². The summed E-state index contributed by atoms with van der Waals surface area (Å²) in [6.07, 6.45) is 2.80. The Morgan fingerprint density at radius 2 is 2.18 bits per heavy atom. The van der Waals surface area contributed by atoms with E-state index in [1.807, 2.05) is 31.3 Å². The molecule has 2 aromatic carbocycles. The number of methoxy groups -OCH3 is 1. The molecule has 0 bridgehead atoms. The topological polar surface area (TPSA) is 104 Å². The molecule has 1 aromatic heterocycles. The van der Waals surface area contributed by atoms with E-state index >= 15 is 0 Å². The Hall–Kier alpha value is -3.66. The lowest BCUT2D eigenvalue weighted by Gasteiger charge is -2.34. The molecule has 0 fully saturated rings. The van der Waals surface area contributed by atoms with Gasteiger partial charge >= 0.3 is 0 Å². The van der Waals surface area contributed by atoms with Gasteiger partial charge in [0, 0.05) is 24.2 Å². The van der Waals surface area contributed by atoms with Gasteiger partial charge in [-0.05, 0) is 60.1 Å². The van der Waals surface area contributed by atoms with Gasteiger partial charge in [0.2, 0.25) is 12.5 Å². The molecule has 178 valence electrons. The third-order valence-electron chi connectivity index (χ3n) is 6.30. The van der Waals surface area contributed by atoms with Crippen molar-refractivity contribution in [2.75, 3.05) is 34.0 Å². The van der Waals surface area contributed by atoms with E-state index in [1.165, 1.54) is 0 Å². The Morgan fingerprint density at radius 3 is 3.00 bits per heavy atom. The molecule has 0 saturated heterocycles. The first-order valence-corrected chi connectivity index (χ1v) is 11.5. The maximum Gasteiger partial charge on any atom is 0.251 e. The number of amides is 1. The van der Waals surface area contributed by atoms with Crippen molar-refractivity contribution < 1.29 is 19.0 Å². The summed E-state index contributed by atoms with van der Waals surface area (Å²) in [5.41, 5.74) is 3.35. The molecule has 10 nitrogen and oxygen atoms in total. The second-order valence-electron chi connectivity index (χ2n) is 8.46. The van der Waals surface area contributed by atoms with Crippen molar-refractivity contribution >= 4 is 5.91 Å². The minimum atomic E-state index is -0.273. The molecule has 2 aliphatic heterocycles. The largest absolute Gasteiger partial charge is 0.492 e. The molecule has 10 heteroatoms. The van der Waals surface area contributed by atoms with E-state index < -0.39 is 0 Å². The number of nitrogens with one attached hydrogen (secondary N) is 1. The molecule has 3 aromatic rings. The molecule has 34 heavy (non-hydrogen) atoms. The van der Waals surface area contributed by atoms with Crippen molar-refractivity contribution in [1.82, 2.24) is 30.4 Å². The summed E-state index contributed by atoms with van der Waals surface area (Å²) >= 11 is 0. The number of fused-ring (bicyclic) bond motifs is 2. The average Bonchev–Trinajstić information content (AvgIpc) is 3.52. The number of tetrazole rings is 1. The van der Waals surface area contributed by atoms with Crippen LogP contribution < -0.4 is 19.5 Å². The molecule has 3 heterocycles. The molecular weight excluding hydrogens is 436 g/mol. The van der Waals surface area contributed by atoms with E-state index in [2.05, 4.69) is 32.7 Å². The molecule has 1 atom stereocenters. The highest BCUT2D eigenvalue weighted by atomic mass is 16.7.